The Kier molecular flexibility index (Phi) is 7.52. The van der Waals surface area contributed by atoms with Gasteiger partial charge in [-0.15, -0.1) is 0 Å². The molecule has 4 fully saturated rings. The topological polar surface area (TPSA) is 59.1 Å². The molecule has 0 N–H and O–H groups in total. The lowest BCUT2D eigenvalue weighted by Crippen LogP contribution is -2.45. The fourth-order valence-electron chi connectivity index (χ4n) is 6.00. The summed E-state index contributed by atoms with van der Waals surface area (Å²) in [5.74, 6) is 0.784. The number of carbonyl (C=O) groups excluding carboxylic acids is 2. The molecule has 1 aromatic rings. The van der Waals surface area contributed by atoms with Gasteiger partial charge in [-0.25, -0.2) is 9.18 Å². The molecule has 2 aliphatic carbocycles. The number of carbonyl (C=O) groups is 2. The van der Waals surface area contributed by atoms with Crippen LogP contribution in [0.4, 0.5) is 22.4 Å². The molecule has 2 amide bonds. The van der Waals surface area contributed by atoms with Crippen LogP contribution in [-0.4, -0.2) is 65.9 Å². The molecule has 10 heteroatoms. The van der Waals surface area contributed by atoms with Gasteiger partial charge in [0.05, 0.1) is 13.0 Å². The van der Waals surface area contributed by atoms with Crippen LogP contribution < -0.4 is 4.74 Å². The zero-order valence-electron chi connectivity index (χ0n) is 21.8. The number of benzene rings is 1. The summed E-state index contributed by atoms with van der Waals surface area (Å²) < 4.78 is 65.4. The Bertz CT molecular complexity index is 1040. The van der Waals surface area contributed by atoms with Gasteiger partial charge in [0.25, 0.3) is 0 Å². The normalized spacial score (nSPS) is 26.8. The Hall–Kier alpha value is -2.52. The molecule has 4 aliphatic rings. The van der Waals surface area contributed by atoms with Crippen LogP contribution in [0.2, 0.25) is 0 Å². The van der Waals surface area contributed by atoms with E-state index in [9.17, 15) is 27.2 Å². The van der Waals surface area contributed by atoms with Gasteiger partial charge in [-0.05, 0) is 87.7 Å². The number of hydrogen-bond acceptors (Lipinski definition) is 4. The molecular formula is C28H36F4N2O4. The summed E-state index contributed by atoms with van der Waals surface area (Å²) >= 11 is 0. The summed E-state index contributed by atoms with van der Waals surface area (Å²) in [6, 6.07) is 2.41. The van der Waals surface area contributed by atoms with Crippen LogP contribution in [0.25, 0.3) is 0 Å². The van der Waals surface area contributed by atoms with Gasteiger partial charge in [-0.1, -0.05) is 6.07 Å². The number of hydrogen-bond donors (Lipinski definition) is 0. The number of piperidine rings is 1. The quantitative estimate of drug-likeness (QED) is 0.396. The molecule has 2 aliphatic heterocycles. The molecule has 210 valence electrons. The Labute approximate surface area is 220 Å². The third-order valence-corrected chi connectivity index (χ3v) is 8.74. The fraction of sp³-hybridized carbons (Fsp3) is 0.714. The highest BCUT2D eigenvalue weighted by Crippen LogP contribution is 2.50. The maximum absolute atomic E-state index is 14.6. The second kappa shape index (κ2) is 10.6. The standard InChI is InChI=1S/C28H36F4N2O4/c1-27(9-10-27)38-26(36)33-12-6-18(7-13-33)22-15-19(22)8-14-37-21-5-4-20(23(29)17-21)16-25(35)34-11-2-3-24(34)28(30,31)32/h4-5,17-19,22,24H,2-3,6-16H2,1H3. The lowest BCUT2D eigenvalue weighted by molar-refractivity contribution is -0.182. The summed E-state index contributed by atoms with van der Waals surface area (Å²) in [6.07, 6.45) is 0.988. The third-order valence-electron chi connectivity index (χ3n) is 8.74. The lowest BCUT2D eigenvalue weighted by atomic mass is 9.91. The molecule has 0 bridgehead atoms. The molecule has 5 rings (SSSR count). The van der Waals surface area contributed by atoms with E-state index in [2.05, 4.69) is 0 Å². The Morgan fingerprint density at radius 2 is 1.84 bits per heavy atom. The number of amides is 2. The first-order valence-corrected chi connectivity index (χ1v) is 13.8. The number of alkyl halides is 3. The van der Waals surface area contributed by atoms with Crippen molar-refractivity contribution in [2.24, 2.45) is 17.8 Å². The van der Waals surface area contributed by atoms with Crippen LogP contribution in [0.15, 0.2) is 18.2 Å². The first-order valence-electron chi connectivity index (χ1n) is 13.8. The summed E-state index contributed by atoms with van der Waals surface area (Å²) in [6.45, 7) is 3.94. The van der Waals surface area contributed by atoms with Gasteiger partial charge in [0.15, 0.2) is 0 Å². The van der Waals surface area contributed by atoms with E-state index < -0.39 is 30.4 Å². The Morgan fingerprint density at radius 1 is 1.11 bits per heavy atom. The lowest BCUT2D eigenvalue weighted by Gasteiger charge is -2.32. The molecule has 38 heavy (non-hydrogen) atoms. The smallest absolute Gasteiger partial charge is 0.410 e. The SMILES string of the molecule is CC1(OC(=O)N2CCC(C3CC3CCOc3ccc(CC(=O)N4CCCC4C(F)(F)F)c(F)c3)CC2)CC1. The monoisotopic (exact) mass is 540 g/mol. The van der Waals surface area contributed by atoms with Crippen molar-refractivity contribution < 1.29 is 36.6 Å². The molecule has 2 heterocycles. The van der Waals surface area contributed by atoms with E-state index >= 15 is 0 Å². The number of ether oxygens (including phenoxy) is 2. The van der Waals surface area contributed by atoms with Crippen molar-refractivity contribution >= 4 is 12.0 Å². The van der Waals surface area contributed by atoms with Crippen LogP contribution in [0.5, 0.6) is 5.75 Å². The van der Waals surface area contributed by atoms with Crippen molar-refractivity contribution in [3.05, 3.63) is 29.6 Å². The molecule has 1 aromatic carbocycles. The van der Waals surface area contributed by atoms with Gasteiger partial charge in [0.2, 0.25) is 5.91 Å². The van der Waals surface area contributed by atoms with Crippen molar-refractivity contribution in [1.82, 2.24) is 9.80 Å². The molecule has 0 aromatic heterocycles. The van der Waals surface area contributed by atoms with E-state index in [-0.39, 0.29) is 30.2 Å². The van der Waals surface area contributed by atoms with Crippen LogP contribution in [0, 0.1) is 23.6 Å². The maximum atomic E-state index is 14.6. The van der Waals surface area contributed by atoms with E-state index in [1.54, 1.807) is 6.07 Å². The fourth-order valence-corrected chi connectivity index (χ4v) is 6.00. The largest absolute Gasteiger partial charge is 0.493 e. The van der Waals surface area contributed by atoms with Crippen molar-refractivity contribution in [3.8, 4) is 5.75 Å². The summed E-state index contributed by atoms with van der Waals surface area (Å²) in [7, 11) is 0. The van der Waals surface area contributed by atoms with E-state index in [1.807, 2.05) is 11.8 Å². The predicted octanol–water partition coefficient (Wildman–Crippen LogP) is 5.73. The average Bonchev–Trinajstić information content (AvgIpc) is 3.74. The number of nitrogens with zero attached hydrogens (tertiary/aromatic N) is 2. The predicted molar refractivity (Wildman–Crippen MR) is 131 cm³/mol. The second-order valence-corrected chi connectivity index (χ2v) is 11.7. The molecule has 0 radical (unpaired) electrons. The van der Waals surface area contributed by atoms with Crippen molar-refractivity contribution in [3.63, 3.8) is 0 Å². The van der Waals surface area contributed by atoms with Gasteiger partial charge in [0.1, 0.15) is 23.2 Å². The highest BCUT2D eigenvalue weighted by molar-refractivity contribution is 5.79. The molecule has 3 unspecified atom stereocenters. The Balaban J connectivity index is 1.02. The zero-order valence-corrected chi connectivity index (χ0v) is 21.8. The first kappa shape index (κ1) is 27.1. The molecular weight excluding hydrogens is 504 g/mol. The van der Waals surface area contributed by atoms with Crippen molar-refractivity contribution in [2.45, 2.75) is 82.5 Å². The molecule has 2 saturated carbocycles. The summed E-state index contributed by atoms with van der Waals surface area (Å²) in [5, 5.41) is 0. The first-order chi connectivity index (χ1) is 18.0. The van der Waals surface area contributed by atoms with E-state index in [4.69, 9.17) is 9.47 Å². The minimum atomic E-state index is -4.47. The van der Waals surface area contributed by atoms with Gasteiger partial charge in [0, 0.05) is 25.7 Å². The third kappa shape index (κ3) is 6.37. The van der Waals surface area contributed by atoms with Crippen LogP contribution in [-0.2, 0) is 16.0 Å². The average molecular weight is 541 g/mol. The number of halogens is 4. The van der Waals surface area contributed by atoms with Crippen LogP contribution >= 0.6 is 0 Å². The van der Waals surface area contributed by atoms with E-state index in [0.717, 1.165) is 56.5 Å². The maximum Gasteiger partial charge on any atom is 0.410 e. The van der Waals surface area contributed by atoms with Gasteiger partial charge < -0.3 is 19.3 Å². The molecule has 3 atom stereocenters. The van der Waals surface area contributed by atoms with E-state index in [0.29, 0.717) is 36.5 Å². The van der Waals surface area contributed by atoms with Crippen molar-refractivity contribution in [2.75, 3.05) is 26.2 Å². The second-order valence-electron chi connectivity index (χ2n) is 11.7. The van der Waals surface area contributed by atoms with Gasteiger partial charge in [-0.2, -0.15) is 13.2 Å². The number of rotatable bonds is 8. The van der Waals surface area contributed by atoms with E-state index in [1.165, 1.54) is 12.1 Å². The minimum absolute atomic E-state index is 0.0408. The van der Waals surface area contributed by atoms with Crippen LogP contribution in [0.1, 0.15) is 63.9 Å². The van der Waals surface area contributed by atoms with Gasteiger partial charge >= 0.3 is 12.3 Å². The summed E-state index contributed by atoms with van der Waals surface area (Å²) in [4.78, 5) is 27.4. The van der Waals surface area contributed by atoms with Crippen molar-refractivity contribution in [1.29, 1.82) is 0 Å². The molecule has 6 nitrogen and oxygen atoms in total. The Morgan fingerprint density at radius 3 is 2.50 bits per heavy atom. The van der Waals surface area contributed by atoms with Crippen LogP contribution in [0.3, 0.4) is 0 Å². The summed E-state index contributed by atoms with van der Waals surface area (Å²) in [5.41, 5.74) is -0.178. The minimum Gasteiger partial charge on any atom is -0.493 e. The molecule has 2 saturated heterocycles. The zero-order chi connectivity index (χ0) is 27.1. The molecule has 0 spiro atoms. The number of likely N-dealkylation sites (tertiary alicyclic amines) is 2. The van der Waals surface area contributed by atoms with Gasteiger partial charge in [-0.3, -0.25) is 4.79 Å². The highest BCUT2D eigenvalue weighted by Gasteiger charge is 2.48. The highest BCUT2D eigenvalue weighted by atomic mass is 19.4.